The van der Waals surface area contributed by atoms with Gasteiger partial charge in [0.2, 0.25) is 0 Å². The van der Waals surface area contributed by atoms with Crippen molar-refractivity contribution in [1.29, 1.82) is 5.26 Å². The molecule has 1 saturated carbocycles. The summed E-state index contributed by atoms with van der Waals surface area (Å²) >= 11 is 1.82. The molecule has 1 N–H and O–H groups in total. The van der Waals surface area contributed by atoms with Gasteiger partial charge in [0.1, 0.15) is 5.54 Å². The Kier molecular flexibility index (Phi) is 4.72. The Labute approximate surface area is 126 Å². The van der Waals surface area contributed by atoms with Gasteiger partial charge in [0.15, 0.2) is 0 Å². The number of rotatable bonds is 4. The molecule has 0 spiro atoms. The number of thioether (sulfide) groups is 1. The van der Waals surface area contributed by atoms with E-state index in [-0.39, 0.29) is 5.54 Å². The van der Waals surface area contributed by atoms with Gasteiger partial charge in [0, 0.05) is 17.0 Å². The van der Waals surface area contributed by atoms with Gasteiger partial charge in [-0.2, -0.15) is 5.26 Å². The highest BCUT2D eigenvalue weighted by atomic mass is 32.2. The molecule has 1 aliphatic rings. The molecule has 2 unspecified atom stereocenters. The first-order valence-corrected chi connectivity index (χ1v) is 8.11. The van der Waals surface area contributed by atoms with Crippen molar-refractivity contribution in [3.63, 3.8) is 0 Å². The highest BCUT2D eigenvalue weighted by Gasteiger charge is 2.40. The third-order valence-electron chi connectivity index (χ3n) is 3.61. The molecule has 0 saturated heterocycles. The van der Waals surface area contributed by atoms with Crippen molar-refractivity contribution in [2.45, 2.75) is 68.8 Å². The second kappa shape index (κ2) is 6.15. The van der Waals surface area contributed by atoms with Crippen LogP contribution in [0.5, 0.6) is 0 Å². The quantitative estimate of drug-likeness (QED) is 0.920. The highest BCUT2D eigenvalue weighted by Crippen LogP contribution is 2.39. The molecule has 0 aromatic carbocycles. The molecule has 1 aromatic rings. The van der Waals surface area contributed by atoms with Crippen LogP contribution in [-0.4, -0.2) is 21.8 Å². The van der Waals surface area contributed by atoms with E-state index in [0.717, 1.165) is 30.0 Å². The molecule has 4 heteroatoms. The van der Waals surface area contributed by atoms with E-state index in [1.54, 1.807) is 0 Å². The number of hydrogen-bond acceptors (Lipinski definition) is 4. The smallest absolute Gasteiger partial charge is 0.108 e. The van der Waals surface area contributed by atoms with Crippen LogP contribution in [0.15, 0.2) is 17.2 Å². The molecule has 1 aromatic heterocycles. The molecular formula is C16H23N3S. The van der Waals surface area contributed by atoms with Crippen LogP contribution in [-0.2, 0) is 0 Å². The fourth-order valence-corrected chi connectivity index (χ4v) is 4.35. The first kappa shape index (κ1) is 15.3. The Bertz CT molecular complexity index is 501. The Morgan fingerprint density at radius 3 is 2.80 bits per heavy atom. The van der Waals surface area contributed by atoms with E-state index in [0.29, 0.717) is 11.3 Å². The number of aromatic nitrogens is 1. The highest BCUT2D eigenvalue weighted by molar-refractivity contribution is 7.99. The predicted octanol–water partition coefficient (Wildman–Crippen LogP) is 3.60. The van der Waals surface area contributed by atoms with Crippen molar-refractivity contribution < 1.29 is 0 Å². The molecule has 0 aliphatic heterocycles. The summed E-state index contributed by atoms with van der Waals surface area (Å²) in [6, 6.07) is 7.08. The monoisotopic (exact) mass is 289 g/mol. The van der Waals surface area contributed by atoms with E-state index in [1.807, 2.05) is 18.7 Å². The fourth-order valence-electron chi connectivity index (χ4n) is 2.95. The second-order valence-corrected chi connectivity index (χ2v) is 7.42. The number of nitrogens with zero attached hydrogens (tertiary/aromatic N) is 2. The average molecular weight is 289 g/mol. The average Bonchev–Trinajstić information content (AvgIpc) is 2.70. The third kappa shape index (κ3) is 3.74. The minimum absolute atomic E-state index is 0.343. The van der Waals surface area contributed by atoms with Crippen LogP contribution in [0.3, 0.4) is 0 Å². The van der Waals surface area contributed by atoms with E-state index in [2.05, 4.69) is 49.3 Å². The third-order valence-corrected chi connectivity index (χ3v) is 4.80. The Hall–Kier alpha value is -1.05. The lowest BCUT2D eigenvalue weighted by atomic mass is 9.99. The largest absolute Gasteiger partial charge is 0.297 e. The SMILES string of the molecule is Cc1cc(C)nc(SC2CCC(C#N)(NC(C)C)C2)c1. The van der Waals surface area contributed by atoms with Crippen LogP contribution in [0.4, 0.5) is 0 Å². The molecule has 20 heavy (non-hydrogen) atoms. The Morgan fingerprint density at radius 2 is 2.20 bits per heavy atom. The Morgan fingerprint density at radius 1 is 1.45 bits per heavy atom. The molecular weight excluding hydrogens is 266 g/mol. The van der Waals surface area contributed by atoms with Gasteiger partial charge >= 0.3 is 0 Å². The number of hydrogen-bond donors (Lipinski definition) is 1. The van der Waals surface area contributed by atoms with Crippen LogP contribution in [0.25, 0.3) is 0 Å². The van der Waals surface area contributed by atoms with Gasteiger partial charge in [0.25, 0.3) is 0 Å². The van der Waals surface area contributed by atoms with Crippen molar-refractivity contribution in [2.75, 3.05) is 0 Å². The van der Waals surface area contributed by atoms with E-state index in [1.165, 1.54) is 5.56 Å². The minimum atomic E-state index is -0.343. The summed E-state index contributed by atoms with van der Waals surface area (Å²) in [5.74, 6) is 0. The van der Waals surface area contributed by atoms with Crippen molar-refractivity contribution in [3.8, 4) is 6.07 Å². The summed E-state index contributed by atoms with van der Waals surface area (Å²) in [7, 11) is 0. The minimum Gasteiger partial charge on any atom is -0.297 e. The van der Waals surface area contributed by atoms with Crippen molar-refractivity contribution in [1.82, 2.24) is 10.3 Å². The number of pyridine rings is 1. The second-order valence-electron chi connectivity index (χ2n) is 6.10. The summed E-state index contributed by atoms with van der Waals surface area (Å²) in [4.78, 5) is 4.59. The Balaban J connectivity index is 2.04. The maximum atomic E-state index is 9.50. The van der Waals surface area contributed by atoms with Gasteiger partial charge in [-0.3, -0.25) is 5.32 Å². The zero-order valence-electron chi connectivity index (χ0n) is 12.7. The molecule has 3 nitrogen and oxygen atoms in total. The maximum Gasteiger partial charge on any atom is 0.108 e. The summed E-state index contributed by atoms with van der Waals surface area (Å²) < 4.78 is 0. The van der Waals surface area contributed by atoms with E-state index < -0.39 is 0 Å². The lowest BCUT2D eigenvalue weighted by molar-refractivity contribution is 0.386. The molecule has 0 radical (unpaired) electrons. The molecule has 1 heterocycles. The number of aryl methyl sites for hydroxylation is 2. The molecule has 2 rings (SSSR count). The standard InChI is InChI=1S/C16H23N3S/c1-11(2)19-16(10-17)6-5-14(9-16)20-15-8-12(3)7-13(4)18-15/h7-8,11,14,19H,5-6,9H2,1-4H3. The van der Waals surface area contributed by atoms with Crippen molar-refractivity contribution in [2.24, 2.45) is 0 Å². The van der Waals surface area contributed by atoms with Crippen LogP contribution in [0.1, 0.15) is 44.4 Å². The number of nitriles is 1. The van der Waals surface area contributed by atoms with Crippen LogP contribution in [0, 0.1) is 25.2 Å². The summed E-state index contributed by atoms with van der Waals surface area (Å²) in [5, 5.41) is 14.5. The van der Waals surface area contributed by atoms with Crippen LogP contribution >= 0.6 is 11.8 Å². The lowest BCUT2D eigenvalue weighted by Crippen LogP contribution is -2.45. The summed E-state index contributed by atoms with van der Waals surface area (Å²) in [5.41, 5.74) is 1.98. The molecule has 2 atom stereocenters. The number of nitrogens with one attached hydrogen (secondary N) is 1. The van der Waals surface area contributed by atoms with Gasteiger partial charge in [-0.25, -0.2) is 4.98 Å². The van der Waals surface area contributed by atoms with Crippen molar-refractivity contribution in [3.05, 3.63) is 23.4 Å². The molecule has 1 aliphatic carbocycles. The van der Waals surface area contributed by atoms with Crippen LogP contribution in [0.2, 0.25) is 0 Å². The molecule has 1 fully saturated rings. The van der Waals surface area contributed by atoms with E-state index in [4.69, 9.17) is 0 Å². The molecule has 0 amide bonds. The maximum absolute atomic E-state index is 9.50. The van der Waals surface area contributed by atoms with Gasteiger partial charge in [0.05, 0.1) is 11.1 Å². The van der Waals surface area contributed by atoms with Gasteiger partial charge in [-0.1, -0.05) is 0 Å². The van der Waals surface area contributed by atoms with E-state index in [9.17, 15) is 5.26 Å². The predicted molar refractivity (Wildman–Crippen MR) is 83.8 cm³/mol. The van der Waals surface area contributed by atoms with E-state index >= 15 is 0 Å². The van der Waals surface area contributed by atoms with Gasteiger partial charge < -0.3 is 0 Å². The zero-order chi connectivity index (χ0) is 14.8. The molecule has 108 valence electrons. The molecule has 0 bridgehead atoms. The first-order chi connectivity index (χ1) is 9.42. The zero-order valence-corrected chi connectivity index (χ0v) is 13.5. The van der Waals surface area contributed by atoms with Gasteiger partial charge in [-0.05, 0) is 64.7 Å². The summed E-state index contributed by atoms with van der Waals surface area (Å²) in [6.07, 6.45) is 2.91. The van der Waals surface area contributed by atoms with Crippen molar-refractivity contribution >= 4 is 11.8 Å². The lowest BCUT2D eigenvalue weighted by Gasteiger charge is -2.25. The van der Waals surface area contributed by atoms with Gasteiger partial charge in [-0.15, -0.1) is 11.8 Å². The fraction of sp³-hybridized carbons (Fsp3) is 0.625. The normalized spacial score (nSPS) is 25.9. The first-order valence-electron chi connectivity index (χ1n) is 7.23. The topological polar surface area (TPSA) is 48.7 Å². The van der Waals surface area contributed by atoms with Crippen LogP contribution < -0.4 is 5.32 Å². The summed E-state index contributed by atoms with van der Waals surface area (Å²) in [6.45, 7) is 8.34.